The van der Waals surface area contributed by atoms with E-state index in [1.807, 2.05) is 72.8 Å². The van der Waals surface area contributed by atoms with E-state index in [9.17, 15) is 9.59 Å². The Hall–Kier alpha value is -3.25. The summed E-state index contributed by atoms with van der Waals surface area (Å²) >= 11 is 1.57. The van der Waals surface area contributed by atoms with Crippen LogP contribution in [0.1, 0.15) is 47.6 Å². The van der Waals surface area contributed by atoms with Crippen LogP contribution >= 0.6 is 11.8 Å². The zero-order valence-corrected chi connectivity index (χ0v) is 20.1. The van der Waals surface area contributed by atoms with Crippen molar-refractivity contribution in [3.8, 4) is 5.75 Å². The van der Waals surface area contributed by atoms with Crippen molar-refractivity contribution in [2.24, 2.45) is 0 Å². The molecule has 1 fully saturated rings. The maximum absolute atomic E-state index is 12.8. The molecule has 0 aromatic heterocycles. The summed E-state index contributed by atoms with van der Waals surface area (Å²) < 4.78 is 5.33. The molecule has 0 radical (unpaired) electrons. The molecule has 6 heteroatoms. The van der Waals surface area contributed by atoms with E-state index in [2.05, 4.69) is 26.1 Å². The third kappa shape index (κ3) is 5.06. The first-order valence-corrected chi connectivity index (χ1v) is 11.9. The molecule has 1 unspecified atom stereocenters. The molecule has 170 valence electrons. The van der Waals surface area contributed by atoms with Gasteiger partial charge in [0, 0.05) is 23.0 Å². The van der Waals surface area contributed by atoms with Gasteiger partial charge in [-0.15, -0.1) is 11.8 Å². The van der Waals surface area contributed by atoms with E-state index in [0.29, 0.717) is 22.8 Å². The van der Waals surface area contributed by atoms with E-state index in [1.54, 1.807) is 23.8 Å². The molecule has 0 bridgehead atoms. The summed E-state index contributed by atoms with van der Waals surface area (Å²) in [5, 5.41) is 2.82. The minimum Gasteiger partial charge on any atom is -0.497 e. The highest BCUT2D eigenvalue weighted by Crippen LogP contribution is 2.43. The van der Waals surface area contributed by atoms with Gasteiger partial charge < -0.3 is 10.1 Å². The fourth-order valence-electron chi connectivity index (χ4n) is 3.80. The summed E-state index contributed by atoms with van der Waals surface area (Å²) in [5.41, 5.74) is 4.27. The predicted molar refractivity (Wildman–Crippen MR) is 135 cm³/mol. The highest BCUT2D eigenvalue weighted by atomic mass is 32.2. The van der Waals surface area contributed by atoms with Crippen LogP contribution in [0.4, 0.5) is 11.4 Å². The fourth-order valence-corrected chi connectivity index (χ4v) is 4.97. The average molecular weight is 461 g/mol. The Morgan fingerprint density at radius 2 is 1.76 bits per heavy atom. The lowest BCUT2D eigenvalue weighted by Gasteiger charge is -2.25. The van der Waals surface area contributed by atoms with Crippen LogP contribution in [-0.4, -0.2) is 24.7 Å². The van der Waals surface area contributed by atoms with Crippen LogP contribution in [0.25, 0.3) is 0 Å². The second-order valence-corrected chi connectivity index (χ2v) is 10.1. The second-order valence-electron chi connectivity index (χ2n) is 9.04. The molecule has 1 heterocycles. The number of carbonyl (C=O) groups is 2. The lowest BCUT2D eigenvalue weighted by atomic mass is 9.87. The number of thioether (sulfide) groups is 1. The highest BCUT2D eigenvalue weighted by Gasteiger charge is 2.34. The van der Waals surface area contributed by atoms with Crippen LogP contribution in [0.2, 0.25) is 0 Å². The molecule has 1 aliphatic rings. The minimum atomic E-state index is -0.174. The summed E-state index contributed by atoms with van der Waals surface area (Å²) in [5.74, 6) is 0.993. The van der Waals surface area contributed by atoms with Gasteiger partial charge >= 0.3 is 0 Å². The smallest absolute Gasteiger partial charge is 0.255 e. The van der Waals surface area contributed by atoms with Crippen LogP contribution in [0.15, 0.2) is 72.8 Å². The largest absolute Gasteiger partial charge is 0.497 e. The Morgan fingerprint density at radius 3 is 2.45 bits per heavy atom. The van der Waals surface area contributed by atoms with E-state index in [1.165, 1.54) is 5.56 Å². The zero-order chi connectivity index (χ0) is 23.6. The number of nitrogens with one attached hydrogen (secondary N) is 1. The summed E-state index contributed by atoms with van der Waals surface area (Å²) in [6.07, 6.45) is 0. The van der Waals surface area contributed by atoms with Crippen molar-refractivity contribution in [3.05, 3.63) is 89.5 Å². The first kappa shape index (κ1) is 22.9. The fraction of sp³-hybridized carbons (Fsp3) is 0.259. The molecule has 0 aliphatic carbocycles. The van der Waals surface area contributed by atoms with Crippen LogP contribution in [0, 0.1) is 0 Å². The first-order valence-electron chi connectivity index (χ1n) is 10.9. The molecule has 3 aromatic rings. The molecular formula is C27H28N2O3S. The number of anilines is 2. The van der Waals surface area contributed by atoms with E-state index in [0.717, 1.165) is 11.3 Å². The van der Waals surface area contributed by atoms with Gasteiger partial charge in [-0.2, -0.15) is 0 Å². The third-order valence-corrected chi connectivity index (χ3v) is 6.85. The van der Waals surface area contributed by atoms with Crippen molar-refractivity contribution in [2.75, 3.05) is 23.1 Å². The quantitative estimate of drug-likeness (QED) is 0.506. The van der Waals surface area contributed by atoms with Crippen LogP contribution in [-0.2, 0) is 10.2 Å². The van der Waals surface area contributed by atoms with Gasteiger partial charge in [-0.05, 0) is 52.9 Å². The normalized spacial score (nSPS) is 16.1. The average Bonchev–Trinajstić information content (AvgIpc) is 3.20. The van der Waals surface area contributed by atoms with Crippen molar-refractivity contribution in [2.45, 2.75) is 31.6 Å². The van der Waals surface area contributed by atoms with E-state index in [-0.39, 0.29) is 22.6 Å². The molecule has 3 aromatic carbocycles. The summed E-state index contributed by atoms with van der Waals surface area (Å²) in [6.45, 7) is 6.44. The molecule has 1 N–H and O–H groups in total. The van der Waals surface area contributed by atoms with Gasteiger partial charge in [0.15, 0.2) is 0 Å². The molecule has 1 atom stereocenters. The first-order chi connectivity index (χ1) is 15.8. The molecule has 0 spiro atoms. The summed E-state index contributed by atoms with van der Waals surface area (Å²) in [7, 11) is 1.61. The van der Waals surface area contributed by atoms with Gasteiger partial charge in [0.25, 0.3) is 5.91 Å². The maximum atomic E-state index is 12.8. The SMILES string of the molecule is COc1cccc(N2C(=O)CSC2c2cccc(NC(=O)c3ccc(C(C)(C)C)cc3)c2)c1. The number of rotatable bonds is 5. The molecule has 5 nitrogen and oxygen atoms in total. The van der Waals surface area contributed by atoms with Gasteiger partial charge in [0.05, 0.1) is 12.9 Å². The zero-order valence-electron chi connectivity index (χ0n) is 19.3. The Labute approximate surface area is 199 Å². The van der Waals surface area contributed by atoms with E-state index < -0.39 is 0 Å². The Kier molecular flexibility index (Phi) is 6.47. The summed E-state index contributed by atoms with van der Waals surface area (Å²) in [4.78, 5) is 27.3. The monoisotopic (exact) mass is 460 g/mol. The van der Waals surface area contributed by atoms with Gasteiger partial charge in [-0.3, -0.25) is 14.5 Å². The number of hydrogen-bond acceptors (Lipinski definition) is 4. The highest BCUT2D eigenvalue weighted by molar-refractivity contribution is 8.00. The molecule has 1 aliphatic heterocycles. The van der Waals surface area contributed by atoms with Crippen LogP contribution in [0.5, 0.6) is 5.75 Å². The number of benzene rings is 3. The topological polar surface area (TPSA) is 58.6 Å². The van der Waals surface area contributed by atoms with Crippen LogP contribution < -0.4 is 15.0 Å². The van der Waals surface area contributed by atoms with Gasteiger partial charge in [0.2, 0.25) is 5.91 Å². The molecule has 4 rings (SSSR count). The van der Waals surface area contributed by atoms with Crippen molar-refractivity contribution in [1.29, 1.82) is 0 Å². The third-order valence-electron chi connectivity index (χ3n) is 5.64. The van der Waals surface area contributed by atoms with E-state index >= 15 is 0 Å². The lowest BCUT2D eigenvalue weighted by molar-refractivity contribution is -0.115. The Morgan fingerprint density at radius 1 is 1.03 bits per heavy atom. The molecular weight excluding hydrogens is 432 g/mol. The maximum Gasteiger partial charge on any atom is 0.255 e. The van der Waals surface area contributed by atoms with Crippen molar-refractivity contribution < 1.29 is 14.3 Å². The molecule has 1 saturated heterocycles. The number of methoxy groups -OCH3 is 1. The van der Waals surface area contributed by atoms with Gasteiger partial charge in [-0.25, -0.2) is 0 Å². The number of hydrogen-bond donors (Lipinski definition) is 1. The number of amides is 2. The molecule has 0 saturated carbocycles. The number of carbonyl (C=O) groups excluding carboxylic acids is 2. The molecule has 33 heavy (non-hydrogen) atoms. The van der Waals surface area contributed by atoms with Crippen molar-refractivity contribution in [3.63, 3.8) is 0 Å². The molecule has 2 amide bonds. The van der Waals surface area contributed by atoms with E-state index in [4.69, 9.17) is 4.74 Å². The van der Waals surface area contributed by atoms with Gasteiger partial charge in [-0.1, -0.05) is 51.1 Å². The van der Waals surface area contributed by atoms with Crippen molar-refractivity contribution in [1.82, 2.24) is 0 Å². The second kappa shape index (κ2) is 9.32. The number of ether oxygens (including phenoxy) is 1. The predicted octanol–water partition coefficient (Wildman–Crippen LogP) is 6.02. The summed E-state index contributed by atoms with van der Waals surface area (Å²) in [6, 6.07) is 22.9. The van der Waals surface area contributed by atoms with Gasteiger partial charge in [0.1, 0.15) is 11.1 Å². The standard InChI is InChI=1S/C27H28N2O3S/c1-27(2,3)20-13-11-18(12-14-20)25(31)28-21-8-5-7-19(15-21)26-29(24(30)17-33-26)22-9-6-10-23(16-22)32-4/h5-16,26H,17H2,1-4H3,(H,28,31). The van der Waals surface area contributed by atoms with Crippen LogP contribution in [0.3, 0.4) is 0 Å². The minimum absolute atomic E-state index is 0.0361. The number of nitrogens with zero attached hydrogens (tertiary/aromatic N) is 1. The van der Waals surface area contributed by atoms with Crippen molar-refractivity contribution >= 4 is 35.0 Å². The Bertz CT molecular complexity index is 1170. The Balaban J connectivity index is 1.54. The lowest BCUT2D eigenvalue weighted by Crippen LogP contribution is -2.27.